The normalized spacial score (nSPS) is 14.7. The summed E-state index contributed by atoms with van der Waals surface area (Å²) in [7, 11) is 3.06. The van der Waals surface area contributed by atoms with Crippen LogP contribution in [-0.2, 0) is 9.59 Å². The highest BCUT2D eigenvalue weighted by molar-refractivity contribution is 5.93. The molecule has 1 heterocycles. The minimum Gasteiger partial charge on any atom is -0.493 e. The molecule has 0 bridgehead atoms. The Morgan fingerprint density at radius 3 is 2.23 bits per heavy atom. The van der Waals surface area contributed by atoms with Crippen LogP contribution in [0.2, 0.25) is 0 Å². The lowest BCUT2D eigenvalue weighted by Crippen LogP contribution is -2.41. The van der Waals surface area contributed by atoms with E-state index in [1.807, 2.05) is 4.90 Å². The average Bonchev–Trinajstić information content (AvgIpc) is 2.76. The van der Waals surface area contributed by atoms with Crippen LogP contribution in [0.25, 0.3) is 0 Å². The van der Waals surface area contributed by atoms with Gasteiger partial charge in [-0.1, -0.05) is 0 Å². The first kappa shape index (κ1) is 22.5. The molecule has 1 fully saturated rings. The van der Waals surface area contributed by atoms with E-state index in [1.165, 1.54) is 20.3 Å². The first-order valence-corrected chi connectivity index (χ1v) is 9.89. The smallest absolute Gasteiger partial charge is 0.238 e. The summed E-state index contributed by atoms with van der Waals surface area (Å²) in [6.07, 6.45) is 1.14. The van der Waals surface area contributed by atoms with Crippen molar-refractivity contribution in [1.82, 2.24) is 4.90 Å². The third kappa shape index (κ3) is 5.91. The number of benzene rings is 2. The van der Waals surface area contributed by atoms with Crippen molar-refractivity contribution < 1.29 is 27.8 Å². The van der Waals surface area contributed by atoms with E-state index in [0.29, 0.717) is 43.1 Å². The van der Waals surface area contributed by atoms with Gasteiger partial charge in [-0.15, -0.1) is 0 Å². The predicted octanol–water partition coefficient (Wildman–Crippen LogP) is 3.27. The van der Waals surface area contributed by atoms with E-state index in [0.717, 1.165) is 12.1 Å². The highest BCUT2D eigenvalue weighted by Gasteiger charge is 2.26. The molecule has 0 aromatic heterocycles. The average molecular weight is 433 g/mol. The zero-order valence-electron chi connectivity index (χ0n) is 17.4. The molecule has 0 atom stereocenters. The Morgan fingerprint density at radius 2 is 1.58 bits per heavy atom. The summed E-state index contributed by atoms with van der Waals surface area (Å²) in [4.78, 5) is 26.7. The molecule has 2 amide bonds. The van der Waals surface area contributed by atoms with E-state index in [2.05, 4.69) is 10.6 Å². The Hall–Kier alpha value is -3.20. The second-order valence-electron chi connectivity index (χ2n) is 7.29. The molecule has 1 saturated heterocycles. The summed E-state index contributed by atoms with van der Waals surface area (Å²) in [5.41, 5.74) is 0.823. The Bertz CT molecular complexity index is 946. The first-order chi connectivity index (χ1) is 14.9. The number of likely N-dealkylation sites (tertiary alicyclic amines) is 1. The van der Waals surface area contributed by atoms with Gasteiger partial charge in [-0.05, 0) is 50.2 Å². The molecule has 2 aromatic rings. The molecule has 0 radical (unpaired) electrons. The van der Waals surface area contributed by atoms with Gasteiger partial charge in [0.2, 0.25) is 11.8 Å². The Morgan fingerprint density at radius 1 is 0.935 bits per heavy atom. The standard InChI is InChI=1S/C22H25F2N3O4/c1-30-19-6-4-16(12-20(19)31-2)25-21(28)13-27-9-7-14(8-10-27)22(29)26-15-3-5-17(23)18(24)11-15/h3-6,11-12,14H,7-10,13H2,1-2H3,(H,25,28)(H,26,29). The van der Waals surface area contributed by atoms with Crippen LogP contribution in [0.1, 0.15) is 12.8 Å². The second kappa shape index (κ2) is 10.2. The molecule has 1 aliphatic rings. The number of piperidine rings is 1. The Balaban J connectivity index is 1.46. The highest BCUT2D eigenvalue weighted by Crippen LogP contribution is 2.29. The largest absolute Gasteiger partial charge is 0.493 e. The van der Waals surface area contributed by atoms with Crippen molar-refractivity contribution >= 4 is 23.2 Å². The number of ether oxygens (including phenoxy) is 2. The van der Waals surface area contributed by atoms with Crippen molar-refractivity contribution in [2.24, 2.45) is 5.92 Å². The van der Waals surface area contributed by atoms with Crippen molar-refractivity contribution in [1.29, 1.82) is 0 Å². The number of halogens is 2. The number of methoxy groups -OCH3 is 2. The number of carbonyl (C=O) groups is 2. The van der Waals surface area contributed by atoms with Gasteiger partial charge >= 0.3 is 0 Å². The molecule has 9 heteroatoms. The SMILES string of the molecule is COc1ccc(NC(=O)CN2CCC(C(=O)Nc3ccc(F)c(F)c3)CC2)cc1OC. The van der Waals surface area contributed by atoms with Crippen molar-refractivity contribution in [3.05, 3.63) is 48.0 Å². The molecule has 3 rings (SSSR count). The Kier molecular flexibility index (Phi) is 7.41. The molecule has 0 unspecified atom stereocenters. The van der Waals surface area contributed by atoms with Gasteiger partial charge in [-0.3, -0.25) is 14.5 Å². The molecular weight excluding hydrogens is 408 g/mol. The third-order valence-corrected chi connectivity index (χ3v) is 5.18. The van der Waals surface area contributed by atoms with Crippen molar-refractivity contribution in [2.75, 3.05) is 44.5 Å². The van der Waals surface area contributed by atoms with E-state index in [-0.39, 0.29) is 30.0 Å². The maximum absolute atomic E-state index is 13.3. The number of nitrogens with zero attached hydrogens (tertiary/aromatic N) is 1. The van der Waals surface area contributed by atoms with Crippen LogP contribution in [-0.4, -0.2) is 50.6 Å². The minimum absolute atomic E-state index is 0.170. The van der Waals surface area contributed by atoms with Crippen LogP contribution in [0, 0.1) is 17.6 Å². The third-order valence-electron chi connectivity index (χ3n) is 5.18. The van der Waals surface area contributed by atoms with Crippen LogP contribution >= 0.6 is 0 Å². The molecule has 2 aromatic carbocycles. The summed E-state index contributed by atoms with van der Waals surface area (Å²) >= 11 is 0. The molecule has 31 heavy (non-hydrogen) atoms. The van der Waals surface area contributed by atoms with E-state index >= 15 is 0 Å². The first-order valence-electron chi connectivity index (χ1n) is 9.89. The number of carbonyl (C=O) groups excluding carboxylic acids is 2. The number of hydrogen-bond acceptors (Lipinski definition) is 5. The van der Waals surface area contributed by atoms with Crippen LogP contribution < -0.4 is 20.1 Å². The Labute approximate surface area is 179 Å². The van der Waals surface area contributed by atoms with Crippen LogP contribution in [0.15, 0.2) is 36.4 Å². The number of anilines is 2. The minimum atomic E-state index is -1.01. The molecular formula is C22H25F2N3O4. The van der Waals surface area contributed by atoms with E-state index in [1.54, 1.807) is 18.2 Å². The van der Waals surface area contributed by atoms with Crippen LogP contribution in [0.3, 0.4) is 0 Å². The van der Waals surface area contributed by atoms with Gasteiger partial charge in [0.05, 0.1) is 20.8 Å². The number of rotatable bonds is 7. The number of hydrogen-bond donors (Lipinski definition) is 2. The fourth-order valence-electron chi connectivity index (χ4n) is 3.49. The zero-order chi connectivity index (χ0) is 22.4. The second-order valence-corrected chi connectivity index (χ2v) is 7.29. The number of amides is 2. The van der Waals surface area contributed by atoms with Gasteiger partial charge in [0, 0.05) is 29.4 Å². The number of nitrogens with one attached hydrogen (secondary N) is 2. The van der Waals surface area contributed by atoms with Gasteiger partial charge in [0.1, 0.15) is 0 Å². The van der Waals surface area contributed by atoms with E-state index in [9.17, 15) is 18.4 Å². The lowest BCUT2D eigenvalue weighted by atomic mass is 9.96. The van der Waals surface area contributed by atoms with Crippen LogP contribution in [0.4, 0.5) is 20.2 Å². The van der Waals surface area contributed by atoms with E-state index < -0.39 is 11.6 Å². The molecule has 2 N–H and O–H groups in total. The fourth-order valence-corrected chi connectivity index (χ4v) is 3.49. The van der Waals surface area contributed by atoms with Crippen LogP contribution in [0.5, 0.6) is 11.5 Å². The molecule has 7 nitrogen and oxygen atoms in total. The van der Waals surface area contributed by atoms with E-state index in [4.69, 9.17) is 9.47 Å². The molecule has 166 valence electrons. The fraction of sp³-hybridized carbons (Fsp3) is 0.364. The summed E-state index contributed by atoms with van der Waals surface area (Å²) in [5.74, 6) is -1.53. The monoisotopic (exact) mass is 433 g/mol. The summed E-state index contributed by atoms with van der Waals surface area (Å²) in [5, 5.41) is 5.45. The van der Waals surface area contributed by atoms with Gasteiger partial charge in [-0.2, -0.15) is 0 Å². The van der Waals surface area contributed by atoms with Gasteiger partial charge in [-0.25, -0.2) is 8.78 Å². The molecule has 1 aliphatic heterocycles. The van der Waals surface area contributed by atoms with Crippen molar-refractivity contribution in [3.63, 3.8) is 0 Å². The van der Waals surface area contributed by atoms with Crippen molar-refractivity contribution in [2.45, 2.75) is 12.8 Å². The molecule has 0 saturated carbocycles. The highest BCUT2D eigenvalue weighted by atomic mass is 19.2. The van der Waals surface area contributed by atoms with Gasteiger partial charge in [0.25, 0.3) is 0 Å². The topological polar surface area (TPSA) is 79.9 Å². The zero-order valence-corrected chi connectivity index (χ0v) is 17.4. The maximum Gasteiger partial charge on any atom is 0.238 e. The lowest BCUT2D eigenvalue weighted by Gasteiger charge is -2.30. The maximum atomic E-state index is 13.3. The quantitative estimate of drug-likeness (QED) is 0.701. The summed E-state index contributed by atoms with van der Waals surface area (Å²) < 4.78 is 36.7. The molecule has 0 aliphatic carbocycles. The predicted molar refractivity (Wildman–Crippen MR) is 112 cm³/mol. The molecule has 0 spiro atoms. The summed E-state index contributed by atoms with van der Waals surface area (Å²) in [6.45, 7) is 1.36. The summed E-state index contributed by atoms with van der Waals surface area (Å²) in [6, 6.07) is 8.39. The van der Waals surface area contributed by atoms with Gasteiger partial charge in [0.15, 0.2) is 23.1 Å². The van der Waals surface area contributed by atoms with Crippen molar-refractivity contribution in [3.8, 4) is 11.5 Å². The van der Waals surface area contributed by atoms with Gasteiger partial charge < -0.3 is 20.1 Å². The lowest BCUT2D eigenvalue weighted by molar-refractivity contribution is -0.121.